The first-order chi connectivity index (χ1) is 5.66. The van der Waals surface area contributed by atoms with Crippen LogP contribution < -0.4 is 0 Å². The van der Waals surface area contributed by atoms with Crippen molar-refractivity contribution in [3.8, 4) is 0 Å². The summed E-state index contributed by atoms with van der Waals surface area (Å²) in [5.41, 5.74) is 0. The van der Waals surface area contributed by atoms with E-state index < -0.39 is 0 Å². The van der Waals surface area contributed by atoms with E-state index >= 15 is 0 Å². The lowest BCUT2D eigenvalue weighted by molar-refractivity contribution is 0.339. The van der Waals surface area contributed by atoms with Crippen LogP contribution in [0.3, 0.4) is 0 Å². The van der Waals surface area contributed by atoms with Crippen LogP contribution in [0.4, 0.5) is 0 Å². The van der Waals surface area contributed by atoms with E-state index in [-0.39, 0.29) is 0 Å². The van der Waals surface area contributed by atoms with Gasteiger partial charge >= 0.3 is 0 Å². The quantitative estimate of drug-likeness (QED) is 0.510. The molecule has 0 saturated heterocycles. The molecule has 72 valence electrons. The number of rotatable bonds is 3. The van der Waals surface area contributed by atoms with Crippen molar-refractivity contribution in [2.24, 2.45) is 0 Å². The molecule has 1 rings (SSSR count). The van der Waals surface area contributed by atoms with E-state index in [9.17, 15) is 0 Å². The number of hydrogen-bond acceptors (Lipinski definition) is 2. The first-order valence-corrected chi connectivity index (χ1v) is 8.77. The summed E-state index contributed by atoms with van der Waals surface area (Å²) in [6, 6.07) is 1.49. The molecule has 0 radical (unpaired) electrons. The van der Waals surface area contributed by atoms with E-state index in [4.69, 9.17) is 0 Å². The van der Waals surface area contributed by atoms with Gasteiger partial charge in [-0.1, -0.05) is 15.4 Å². The average molecular weight is 411 g/mol. The van der Waals surface area contributed by atoms with Crippen LogP contribution in [0.25, 0.3) is 0 Å². The second-order valence-electron chi connectivity index (χ2n) is 3.56. The van der Waals surface area contributed by atoms with Crippen molar-refractivity contribution >= 4 is 53.0 Å². The van der Waals surface area contributed by atoms with Gasteiger partial charge in [-0.15, -0.1) is 0 Å². The zero-order valence-electron chi connectivity index (χ0n) is 7.46. The van der Waals surface area contributed by atoms with Crippen LogP contribution in [0, 0.1) is 0 Å². The lowest BCUT2D eigenvalue weighted by atomic mass is 10.2. The molecule has 0 amide bonds. The first kappa shape index (κ1) is 11.8. The number of nitrogens with zero attached hydrogens (tertiary/aromatic N) is 1. The van der Waals surface area contributed by atoms with Crippen LogP contribution in [0.5, 0.6) is 0 Å². The molecule has 0 aromatic rings. The monoisotopic (exact) mass is 411 g/mol. The van der Waals surface area contributed by atoms with Crippen LogP contribution in [0.1, 0.15) is 33.1 Å². The molecule has 0 bridgehead atoms. The third-order valence-corrected chi connectivity index (χ3v) is 6.91. The van der Waals surface area contributed by atoms with Crippen LogP contribution >= 0.6 is 53.0 Å². The Morgan fingerprint density at radius 3 is 2.58 bits per heavy atom. The highest BCUT2D eigenvalue weighted by Gasteiger charge is 2.32. The summed E-state index contributed by atoms with van der Waals surface area (Å²) in [6.07, 6.45) is 4.21. The van der Waals surface area contributed by atoms with Gasteiger partial charge < -0.3 is 0 Å². The van der Waals surface area contributed by atoms with Gasteiger partial charge in [-0.25, -0.2) is 3.11 Å². The van der Waals surface area contributed by atoms with Gasteiger partial charge in [0, 0.05) is 40.2 Å². The Bertz CT molecular complexity index is 143. The Morgan fingerprint density at radius 1 is 1.42 bits per heavy atom. The SMILES string of the molecule is CC(C)N(I)C1CCCC1SI. The Morgan fingerprint density at radius 2 is 2.08 bits per heavy atom. The topological polar surface area (TPSA) is 3.24 Å². The lowest BCUT2D eigenvalue weighted by Crippen LogP contribution is -2.35. The van der Waals surface area contributed by atoms with Crippen LogP contribution in [0.2, 0.25) is 0 Å². The van der Waals surface area contributed by atoms with Crippen molar-refractivity contribution in [1.82, 2.24) is 3.11 Å². The molecule has 0 spiro atoms. The summed E-state index contributed by atoms with van der Waals surface area (Å²) >= 11 is 4.94. The summed E-state index contributed by atoms with van der Waals surface area (Å²) < 4.78 is 2.50. The maximum Gasteiger partial charge on any atom is 0.0323 e. The molecule has 1 aliphatic rings. The Hall–Kier alpha value is 1.77. The minimum Gasteiger partial charge on any atom is -0.241 e. The van der Waals surface area contributed by atoms with Gasteiger partial charge in [0.15, 0.2) is 0 Å². The highest BCUT2D eigenvalue weighted by molar-refractivity contribution is 14.2. The summed E-state index contributed by atoms with van der Waals surface area (Å²) in [5.74, 6) is 0. The molecular formula is C8H15I2NS. The van der Waals surface area contributed by atoms with Crippen molar-refractivity contribution in [3.05, 3.63) is 0 Å². The normalized spacial score (nSPS) is 30.5. The van der Waals surface area contributed by atoms with Gasteiger partial charge in [-0.05, 0) is 47.9 Å². The zero-order chi connectivity index (χ0) is 9.14. The summed E-state index contributed by atoms with van der Waals surface area (Å²) in [5, 5.41) is 0.866. The molecule has 0 heterocycles. The second-order valence-corrected chi connectivity index (χ2v) is 6.99. The van der Waals surface area contributed by atoms with E-state index in [2.05, 4.69) is 61.0 Å². The third-order valence-electron chi connectivity index (χ3n) is 2.34. The minimum absolute atomic E-state index is 0.680. The molecule has 2 atom stereocenters. The van der Waals surface area contributed by atoms with E-state index in [1.807, 2.05) is 8.93 Å². The second kappa shape index (κ2) is 5.60. The van der Waals surface area contributed by atoms with Crippen molar-refractivity contribution < 1.29 is 0 Å². The predicted octanol–water partition coefficient (Wildman–Crippen LogP) is 4.05. The van der Waals surface area contributed by atoms with Gasteiger partial charge in [-0.3, -0.25) is 0 Å². The van der Waals surface area contributed by atoms with E-state index in [0.29, 0.717) is 6.04 Å². The van der Waals surface area contributed by atoms with Crippen molar-refractivity contribution in [2.75, 3.05) is 0 Å². The fourth-order valence-electron chi connectivity index (χ4n) is 1.68. The summed E-state index contributed by atoms with van der Waals surface area (Å²) in [7, 11) is 2.01. The molecule has 1 saturated carbocycles. The Kier molecular flexibility index (Phi) is 5.53. The minimum atomic E-state index is 0.680. The van der Waals surface area contributed by atoms with Gasteiger partial charge in [0.2, 0.25) is 0 Å². The fourth-order valence-corrected chi connectivity index (χ4v) is 4.98. The average Bonchev–Trinajstić information content (AvgIpc) is 2.49. The largest absolute Gasteiger partial charge is 0.241 e. The molecule has 0 aromatic heterocycles. The van der Waals surface area contributed by atoms with Gasteiger partial charge in [0.25, 0.3) is 0 Å². The molecule has 0 N–H and O–H groups in total. The fraction of sp³-hybridized carbons (Fsp3) is 1.00. The molecular weight excluding hydrogens is 396 g/mol. The van der Waals surface area contributed by atoms with Gasteiger partial charge in [0.1, 0.15) is 0 Å². The highest BCUT2D eigenvalue weighted by Crippen LogP contribution is 2.38. The molecule has 1 nitrogen and oxygen atoms in total. The van der Waals surface area contributed by atoms with Crippen LogP contribution in [-0.4, -0.2) is 20.4 Å². The van der Waals surface area contributed by atoms with Crippen molar-refractivity contribution in [3.63, 3.8) is 0 Å². The Labute approximate surface area is 105 Å². The molecule has 0 aromatic carbocycles. The molecule has 12 heavy (non-hydrogen) atoms. The van der Waals surface area contributed by atoms with E-state index in [1.54, 1.807) is 0 Å². The summed E-state index contributed by atoms with van der Waals surface area (Å²) in [6.45, 7) is 4.55. The number of hydrogen-bond donors (Lipinski definition) is 0. The standard InChI is InChI=1S/C8H15I2NS/c1-6(2)11(9)7-4-3-5-8(7)12-10/h6-8H,3-5H2,1-2H3. The highest BCUT2D eigenvalue weighted by atomic mass is 127. The predicted molar refractivity (Wildman–Crippen MR) is 74.0 cm³/mol. The number of halogens is 2. The third kappa shape index (κ3) is 2.88. The van der Waals surface area contributed by atoms with Gasteiger partial charge in [-0.2, -0.15) is 0 Å². The van der Waals surface area contributed by atoms with Gasteiger partial charge in [0.05, 0.1) is 0 Å². The van der Waals surface area contributed by atoms with Crippen LogP contribution in [-0.2, 0) is 0 Å². The Balaban J connectivity index is 2.49. The van der Waals surface area contributed by atoms with Crippen molar-refractivity contribution in [1.29, 1.82) is 0 Å². The zero-order valence-corrected chi connectivity index (χ0v) is 12.6. The molecule has 0 aliphatic heterocycles. The van der Waals surface area contributed by atoms with E-state index in [0.717, 1.165) is 11.3 Å². The van der Waals surface area contributed by atoms with Crippen LogP contribution in [0.15, 0.2) is 0 Å². The van der Waals surface area contributed by atoms with E-state index in [1.165, 1.54) is 19.3 Å². The summed E-state index contributed by atoms with van der Waals surface area (Å²) in [4.78, 5) is 0. The van der Waals surface area contributed by atoms with Crippen molar-refractivity contribution in [2.45, 2.75) is 50.4 Å². The maximum absolute atomic E-state index is 2.50. The maximum atomic E-state index is 2.50. The lowest BCUT2D eigenvalue weighted by Gasteiger charge is -2.29. The smallest absolute Gasteiger partial charge is 0.0323 e. The molecule has 1 fully saturated rings. The molecule has 4 heteroatoms. The molecule has 2 unspecified atom stereocenters. The first-order valence-electron chi connectivity index (χ1n) is 4.38. The molecule has 1 aliphatic carbocycles.